The first-order valence-corrected chi connectivity index (χ1v) is 5.71. The van der Waals surface area contributed by atoms with Gasteiger partial charge in [-0.2, -0.15) is 0 Å². The molecule has 4 heteroatoms. The number of halogens is 1. The van der Waals surface area contributed by atoms with Gasteiger partial charge in [-0.05, 0) is 28.9 Å². The Morgan fingerprint density at radius 2 is 2.38 bits per heavy atom. The number of hydrogen-bond donors (Lipinski definition) is 0. The molecule has 0 amide bonds. The first kappa shape index (κ1) is 10.7. The summed E-state index contributed by atoms with van der Waals surface area (Å²) in [5.74, 6) is 0.238. The standard InChI is InChI=1S/C9H12BrNOS/c1-7(12)3-4-11(2)9-5-8(10)6-13-9/h5-6H,3-4H2,1-2H3. The van der Waals surface area contributed by atoms with Crippen LogP contribution < -0.4 is 4.90 Å². The summed E-state index contributed by atoms with van der Waals surface area (Å²) in [5, 5.41) is 3.23. The van der Waals surface area contributed by atoms with Crippen molar-refractivity contribution in [3.8, 4) is 0 Å². The van der Waals surface area contributed by atoms with Gasteiger partial charge in [0, 0.05) is 29.9 Å². The fourth-order valence-electron chi connectivity index (χ4n) is 0.938. The number of carbonyl (C=O) groups is 1. The minimum atomic E-state index is 0.238. The number of hydrogen-bond acceptors (Lipinski definition) is 3. The second-order valence-electron chi connectivity index (χ2n) is 2.98. The summed E-state index contributed by atoms with van der Waals surface area (Å²) >= 11 is 5.07. The van der Waals surface area contributed by atoms with Gasteiger partial charge in [0.05, 0.1) is 5.00 Å². The molecule has 0 aromatic carbocycles. The van der Waals surface area contributed by atoms with Crippen LogP contribution in [0.25, 0.3) is 0 Å². The van der Waals surface area contributed by atoms with Crippen molar-refractivity contribution in [2.45, 2.75) is 13.3 Å². The summed E-state index contributed by atoms with van der Waals surface area (Å²) in [6, 6.07) is 2.06. The van der Waals surface area contributed by atoms with Gasteiger partial charge in [0.2, 0.25) is 0 Å². The summed E-state index contributed by atoms with van der Waals surface area (Å²) in [4.78, 5) is 12.8. The lowest BCUT2D eigenvalue weighted by atomic mass is 10.3. The van der Waals surface area contributed by atoms with Crippen LogP contribution in [0.4, 0.5) is 5.00 Å². The monoisotopic (exact) mass is 261 g/mol. The van der Waals surface area contributed by atoms with Gasteiger partial charge in [-0.25, -0.2) is 0 Å². The van der Waals surface area contributed by atoms with Crippen molar-refractivity contribution in [3.63, 3.8) is 0 Å². The van der Waals surface area contributed by atoms with Gasteiger partial charge < -0.3 is 4.90 Å². The van der Waals surface area contributed by atoms with Gasteiger partial charge in [0.15, 0.2) is 0 Å². The molecular weight excluding hydrogens is 250 g/mol. The molecule has 0 spiro atoms. The minimum absolute atomic E-state index is 0.238. The van der Waals surface area contributed by atoms with E-state index in [9.17, 15) is 4.79 Å². The molecule has 1 aromatic heterocycles. The van der Waals surface area contributed by atoms with Crippen molar-refractivity contribution in [3.05, 3.63) is 15.9 Å². The molecule has 0 saturated heterocycles. The zero-order chi connectivity index (χ0) is 9.84. The van der Waals surface area contributed by atoms with E-state index in [2.05, 4.69) is 26.9 Å². The van der Waals surface area contributed by atoms with Gasteiger partial charge in [0.1, 0.15) is 5.78 Å². The van der Waals surface area contributed by atoms with E-state index in [1.165, 1.54) is 5.00 Å². The van der Waals surface area contributed by atoms with E-state index in [4.69, 9.17) is 0 Å². The molecular formula is C9H12BrNOS. The van der Waals surface area contributed by atoms with E-state index in [0.717, 1.165) is 11.0 Å². The van der Waals surface area contributed by atoms with E-state index >= 15 is 0 Å². The Hall–Kier alpha value is -0.350. The molecule has 0 radical (unpaired) electrons. The fourth-order valence-corrected chi connectivity index (χ4v) is 2.35. The highest BCUT2D eigenvalue weighted by atomic mass is 79.9. The van der Waals surface area contributed by atoms with Crippen molar-refractivity contribution in [2.24, 2.45) is 0 Å². The highest BCUT2D eigenvalue weighted by molar-refractivity contribution is 9.10. The SMILES string of the molecule is CC(=O)CCN(C)c1cc(Br)cs1. The van der Waals surface area contributed by atoms with Crippen LogP contribution in [-0.2, 0) is 4.79 Å². The Morgan fingerprint density at radius 1 is 1.69 bits per heavy atom. The zero-order valence-corrected chi connectivity index (χ0v) is 10.1. The lowest BCUT2D eigenvalue weighted by molar-refractivity contribution is -0.116. The summed E-state index contributed by atoms with van der Waals surface area (Å²) in [7, 11) is 2.00. The predicted octanol–water partition coefficient (Wildman–Crippen LogP) is 2.93. The molecule has 13 heavy (non-hydrogen) atoms. The molecule has 0 N–H and O–H groups in total. The maximum absolute atomic E-state index is 10.8. The molecule has 1 aromatic rings. The predicted molar refractivity (Wildman–Crippen MR) is 60.6 cm³/mol. The van der Waals surface area contributed by atoms with Crippen molar-refractivity contribution in [1.29, 1.82) is 0 Å². The van der Waals surface area contributed by atoms with E-state index in [1.54, 1.807) is 18.3 Å². The summed E-state index contributed by atoms with van der Waals surface area (Å²) in [6.45, 7) is 2.42. The maximum atomic E-state index is 10.8. The van der Waals surface area contributed by atoms with Crippen LogP contribution in [0.5, 0.6) is 0 Å². The summed E-state index contributed by atoms with van der Waals surface area (Å²) in [6.07, 6.45) is 0.617. The fraction of sp³-hybridized carbons (Fsp3) is 0.444. The van der Waals surface area contributed by atoms with E-state index in [-0.39, 0.29) is 5.78 Å². The average Bonchev–Trinajstić information content (AvgIpc) is 2.47. The first-order chi connectivity index (χ1) is 6.09. The van der Waals surface area contributed by atoms with Gasteiger partial charge in [-0.1, -0.05) is 0 Å². The molecule has 2 nitrogen and oxygen atoms in total. The number of anilines is 1. The average molecular weight is 262 g/mol. The molecule has 0 unspecified atom stereocenters. The molecule has 0 fully saturated rings. The van der Waals surface area contributed by atoms with E-state index in [1.807, 2.05) is 12.4 Å². The molecule has 0 bridgehead atoms. The molecule has 72 valence electrons. The van der Waals surface area contributed by atoms with Crippen LogP contribution in [0.2, 0.25) is 0 Å². The van der Waals surface area contributed by atoms with E-state index < -0.39 is 0 Å². The number of Topliss-reactive ketones (excluding diaryl/α,β-unsaturated/α-hetero) is 1. The van der Waals surface area contributed by atoms with Crippen molar-refractivity contribution >= 4 is 38.1 Å². The normalized spacial score (nSPS) is 10.1. The third-order valence-corrected chi connectivity index (χ3v) is 3.53. The zero-order valence-electron chi connectivity index (χ0n) is 7.71. The van der Waals surface area contributed by atoms with Gasteiger partial charge in [-0.3, -0.25) is 4.79 Å². The number of ketones is 1. The smallest absolute Gasteiger partial charge is 0.131 e. The van der Waals surface area contributed by atoms with Gasteiger partial charge >= 0.3 is 0 Å². The molecule has 0 saturated carbocycles. The van der Waals surface area contributed by atoms with E-state index in [0.29, 0.717) is 6.42 Å². The largest absolute Gasteiger partial charge is 0.366 e. The van der Waals surface area contributed by atoms with Gasteiger partial charge in [-0.15, -0.1) is 11.3 Å². The van der Waals surface area contributed by atoms with Crippen LogP contribution in [0, 0.1) is 0 Å². The Kier molecular flexibility index (Phi) is 3.93. The lowest BCUT2D eigenvalue weighted by Crippen LogP contribution is -2.19. The van der Waals surface area contributed by atoms with Crippen molar-refractivity contribution < 1.29 is 4.79 Å². The minimum Gasteiger partial charge on any atom is -0.366 e. The van der Waals surface area contributed by atoms with Gasteiger partial charge in [0.25, 0.3) is 0 Å². The third-order valence-electron chi connectivity index (χ3n) is 1.73. The highest BCUT2D eigenvalue weighted by Gasteiger charge is 2.04. The molecule has 1 rings (SSSR count). The summed E-state index contributed by atoms with van der Waals surface area (Å²) < 4.78 is 1.10. The molecule has 0 aliphatic heterocycles. The number of rotatable bonds is 4. The molecule has 0 aliphatic rings. The lowest BCUT2D eigenvalue weighted by Gasteiger charge is -2.15. The first-order valence-electron chi connectivity index (χ1n) is 4.04. The second kappa shape index (κ2) is 4.77. The number of carbonyl (C=O) groups excluding carboxylic acids is 1. The van der Waals surface area contributed by atoms with Crippen LogP contribution in [0.1, 0.15) is 13.3 Å². The Balaban J connectivity index is 2.48. The second-order valence-corrected chi connectivity index (χ2v) is 4.78. The Labute approximate surface area is 90.7 Å². The number of thiophene rings is 1. The van der Waals surface area contributed by atoms with Crippen LogP contribution in [-0.4, -0.2) is 19.4 Å². The topological polar surface area (TPSA) is 20.3 Å². The quantitative estimate of drug-likeness (QED) is 0.831. The van der Waals surface area contributed by atoms with Crippen molar-refractivity contribution in [1.82, 2.24) is 0 Å². The Morgan fingerprint density at radius 3 is 2.85 bits per heavy atom. The third kappa shape index (κ3) is 3.48. The molecule has 1 heterocycles. The highest BCUT2D eigenvalue weighted by Crippen LogP contribution is 2.27. The van der Waals surface area contributed by atoms with Crippen LogP contribution in [0.3, 0.4) is 0 Å². The number of nitrogens with zero attached hydrogens (tertiary/aromatic N) is 1. The van der Waals surface area contributed by atoms with Crippen LogP contribution >= 0.6 is 27.3 Å². The van der Waals surface area contributed by atoms with Crippen LogP contribution in [0.15, 0.2) is 15.9 Å². The molecule has 0 atom stereocenters. The summed E-state index contributed by atoms with van der Waals surface area (Å²) in [5.41, 5.74) is 0. The Bertz CT molecular complexity index is 298. The van der Waals surface area contributed by atoms with Crippen molar-refractivity contribution in [2.75, 3.05) is 18.5 Å². The maximum Gasteiger partial charge on any atom is 0.131 e. The molecule has 0 aliphatic carbocycles.